The van der Waals surface area contributed by atoms with Gasteiger partial charge in [0.15, 0.2) is 5.76 Å². The molecule has 0 bridgehead atoms. The van der Waals surface area contributed by atoms with Crippen LogP contribution in [-0.4, -0.2) is 17.4 Å². The summed E-state index contributed by atoms with van der Waals surface area (Å²) in [6.07, 6.45) is 0.659. The maximum absolute atomic E-state index is 12.9. The van der Waals surface area contributed by atoms with Crippen molar-refractivity contribution in [1.82, 2.24) is 10.3 Å². The van der Waals surface area contributed by atoms with Crippen molar-refractivity contribution in [3.63, 3.8) is 0 Å². The number of fused-ring (bicyclic) bond motifs is 1. The summed E-state index contributed by atoms with van der Waals surface area (Å²) < 4.78 is 25.1. The first-order chi connectivity index (χ1) is 13.7. The van der Waals surface area contributed by atoms with Crippen LogP contribution in [0.1, 0.15) is 21.3 Å². The number of hydrogen-bond donors (Lipinski definition) is 1. The Morgan fingerprint density at radius 1 is 1.11 bits per heavy atom. The zero-order valence-corrected chi connectivity index (χ0v) is 15.7. The first-order valence-electron chi connectivity index (χ1n) is 8.77. The molecule has 142 valence electrons. The number of rotatable bonds is 7. The van der Waals surface area contributed by atoms with Crippen molar-refractivity contribution in [2.24, 2.45) is 0 Å². The van der Waals surface area contributed by atoms with Gasteiger partial charge in [-0.1, -0.05) is 12.1 Å². The Bertz CT molecular complexity index is 1060. The van der Waals surface area contributed by atoms with Gasteiger partial charge in [-0.05, 0) is 48.5 Å². The molecule has 1 amide bonds. The Balaban J connectivity index is 1.27. The van der Waals surface area contributed by atoms with E-state index in [4.69, 9.17) is 9.15 Å². The third-order valence-corrected chi connectivity index (χ3v) is 5.14. The zero-order chi connectivity index (χ0) is 19.3. The second kappa shape index (κ2) is 8.22. The first kappa shape index (κ1) is 18.2. The number of nitrogens with one attached hydrogen (secondary N) is 1. The fourth-order valence-electron chi connectivity index (χ4n) is 2.66. The van der Waals surface area contributed by atoms with Gasteiger partial charge < -0.3 is 14.5 Å². The Morgan fingerprint density at radius 2 is 1.93 bits per heavy atom. The molecule has 4 aromatic rings. The third kappa shape index (κ3) is 4.37. The topological polar surface area (TPSA) is 64.4 Å². The van der Waals surface area contributed by atoms with Crippen LogP contribution in [0, 0.1) is 5.82 Å². The molecule has 5 nitrogen and oxygen atoms in total. The summed E-state index contributed by atoms with van der Waals surface area (Å²) in [5, 5.41) is 3.82. The molecule has 0 saturated carbocycles. The maximum atomic E-state index is 12.9. The molecule has 0 spiro atoms. The van der Waals surface area contributed by atoms with Gasteiger partial charge in [-0.2, -0.15) is 0 Å². The number of carbonyl (C=O) groups excluding carboxylic acids is 1. The van der Waals surface area contributed by atoms with Crippen molar-refractivity contribution in [3.05, 3.63) is 83.0 Å². The van der Waals surface area contributed by atoms with Gasteiger partial charge in [0.25, 0.3) is 5.91 Å². The lowest BCUT2D eigenvalue weighted by atomic mass is 10.3. The van der Waals surface area contributed by atoms with E-state index in [2.05, 4.69) is 10.3 Å². The second-order valence-corrected chi connectivity index (χ2v) is 7.20. The summed E-state index contributed by atoms with van der Waals surface area (Å²) in [6, 6.07) is 17.0. The lowest BCUT2D eigenvalue weighted by Crippen LogP contribution is -2.25. The van der Waals surface area contributed by atoms with Gasteiger partial charge in [0.2, 0.25) is 0 Å². The minimum Gasteiger partial charge on any atom is -0.486 e. The lowest BCUT2D eigenvalue weighted by molar-refractivity contribution is 0.0922. The first-order valence-corrected chi connectivity index (χ1v) is 9.59. The number of nitrogens with zero attached hydrogens (tertiary/aromatic N) is 1. The average molecular weight is 396 g/mol. The summed E-state index contributed by atoms with van der Waals surface area (Å²) in [5.74, 6) is 0.659. The molecule has 0 aliphatic heterocycles. The molecule has 2 aromatic heterocycles. The molecule has 0 unspecified atom stereocenters. The number of furan rings is 1. The fraction of sp³-hybridized carbons (Fsp3) is 0.143. The molecular formula is C21H17FN2O3S. The van der Waals surface area contributed by atoms with Gasteiger partial charge in [-0.25, -0.2) is 9.37 Å². The molecule has 0 saturated heterocycles. The van der Waals surface area contributed by atoms with Crippen molar-refractivity contribution < 1.29 is 18.3 Å². The van der Waals surface area contributed by atoms with Crippen molar-refractivity contribution in [2.75, 3.05) is 6.54 Å². The predicted molar refractivity (Wildman–Crippen MR) is 105 cm³/mol. The van der Waals surface area contributed by atoms with Gasteiger partial charge in [-0.15, -0.1) is 11.3 Å². The van der Waals surface area contributed by atoms with E-state index in [1.807, 2.05) is 24.3 Å². The second-order valence-electron chi connectivity index (χ2n) is 6.09. The van der Waals surface area contributed by atoms with Gasteiger partial charge in [0, 0.05) is 13.0 Å². The lowest BCUT2D eigenvalue weighted by Gasteiger charge is -2.04. The fourth-order valence-corrected chi connectivity index (χ4v) is 3.63. The Kier molecular flexibility index (Phi) is 5.34. The van der Waals surface area contributed by atoms with Crippen molar-refractivity contribution in [3.8, 4) is 5.75 Å². The smallest absolute Gasteiger partial charge is 0.287 e. The monoisotopic (exact) mass is 396 g/mol. The molecule has 28 heavy (non-hydrogen) atoms. The standard InChI is InChI=1S/C21H17FN2O3S/c22-14-5-7-15(8-6-14)26-13-16-9-10-18(27-16)21(25)23-12-11-20-24-17-3-1-2-4-19(17)28-20/h1-10H,11-13H2,(H,23,25). The summed E-state index contributed by atoms with van der Waals surface area (Å²) in [7, 11) is 0. The number of para-hydroxylation sites is 1. The Morgan fingerprint density at radius 3 is 2.75 bits per heavy atom. The van der Waals surface area contributed by atoms with Crippen LogP contribution in [-0.2, 0) is 13.0 Å². The van der Waals surface area contributed by atoms with Crippen LogP contribution in [0.5, 0.6) is 5.75 Å². The van der Waals surface area contributed by atoms with E-state index in [0.29, 0.717) is 24.5 Å². The van der Waals surface area contributed by atoms with Crippen molar-refractivity contribution >= 4 is 27.5 Å². The molecule has 0 atom stereocenters. The number of ether oxygens (including phenoxy) is 1. The third-order valence-electron chi connectivity index (χ3n) is 4.04. The normalized spacial score (nSPS) is 10.9. The highest BCUT2D eigenvalue weighted by Gasteiger charge is 2.12. The van der Waals surface area contributed by atoms with E-state index in [1.165, 1.54) is 24.3 Å². The van der Waals surface area contributed by atoms with E-state index in [-0.39, 0.29) is 24.1 Å². The van der Waals surface area contributed by atoms with Crippen LogP contribution in [0.3, 0.4) is 0 Å². The van der Waals surface area contributed by atoms with Crippen molar-refractivity contribution in [2.45, 2.75) is 13.0 Å². The minimum absolute atomic E-state index is 0.157. The van der Waals surface area contributed by atoms with Crippen LogP contribution in [0.15, 0.2) is 65.1 Å². The van der Waals surface area contributed by atoms with E-state index in [0.717, 1.165) is 15.2 Å². The van der Waals surface area contributed by atoms with Crippen LogP contribution in [0.2, 0.25) is 0 Å². The summed E-state index contributed by atoms with van der Waals surface area (Å²) in [4.78, 5) is 16.8. The highest BCUT2D eigenvalue weighted by Crippen LogP contribution is 2.21. The molecule has 0 aliphatic carbocycles. The molecule has 2 aromatic carbocycles. The average Bonchev–Trinajstić information content (AvgIpc) is 3.34. The number of thiazole rings is 1. The number of hydrogen-bond acceptors (Lipinski definition) is 5. The number of amides is 1. The van der Waals surface area contributed by atoms with E-state index < -0.39 is 0 Å². The number of carbonyl (C=O) groups is 1. The zero-order valence-electron chi connectivity index (χ0n) is 14.9. The highest BCUT2D eigenvalue weighted by molar-refractivity contribution is 7.18. The summed E-state index contributed by atoms with van der Waals surface area (Å²) in [6.45, 7) is 0.630. The largest absolute Gasteiger partial charge is 0.486 e. The van der Waals surface area contributed by atoms with E-state index >= 15 is 0 Å². The van der Waals surface area contributed by atoms with E-state index in [9.17, 15) is 9.18 Å². The molecule has 1 N–H and O–H groups in total. The molecule has 0 aliphatic rings. The summed E-state index contributed by atoms with van der Waals surface area (Å²) >= 11 is 1.63. The Hall–Kier alpha value is -3.19. The minimum atomic E-state index is -0.324. The molecule has 7 heteroatoms. The van der Waals surface area contributed by atoms with Gasteiger partial charge in [0.05, 0.1) is 15.2 Å². The van der Waals surface area contributed by atoms with Crippen LogP contribution in [0.4, 0.5) is 4.39 Å². The maximum Gasteiger partial charge on any atom is 0.287 e. The van der Waals surface area contributed by atoms with Gasteiger partial charge in [0.1, 0.15) is 23.9 Å². The number of halogens is 1. The van der Waals surface area contributed by atoms with Gasteiger partial charge in [-0.3, -0.25) is 4.79 Å². The quantitative estimate of drug-likeness (QED) is 0.497. The molecule has 4 rings (SSSR count). The summed E-state index contributed by atoms with van der Waals surface area (Å²) in [5.41, 5.74) is 0.977. The number of benzene rings is 2. The SMILES string of the molecule is O=C(NCCc1nc2ccccc2s1)c1ccc(COc2ccc(F)cc2)o1. The van der Waals surface area contributed by atoms with Crippen molar-refractivity contribution in [1.29, 1.82) is 0 Å². The number of aromatic nitrogens is 1. The predicted octanol–water partition coefficient (Wildman–Crippen LogP) is 4.58. The molecule has 0 fully saturated rings. The van der Waals surface area contributed by atoms with E-state index in [1.54, 1.807) is 23.5 Å². The molecule has 0 radical (unpaired) electrons. The molecule has 2 heterocycles. The van der Waals surface area contributed by atoms with Crippen LogP contribution >= 0.6 is 11.3 Å². The van der Waals surface area contributed by atoms with Crippen LogP contribution < -0.4 is 10.1 Å². The van der Waals surface area contributed by atoms with Gasteiger partial charge >= 0.3 is 0 Å². The molecular weight excluding hydrogens is 379 g/mol. The van der Waals surface area contributed by atoms with Crippen LogP contribution in [0.25, 0.3) is 10.2 Å². The Labute approximate surface area is 164 Å². The highest BCUT2D eigenvalue weighted by atomic mass is 32.1.